The zero-order valence-electron chi connectivity index (χ0n) is 24.4. The number of hydrogen-bond acceptors (Lipinski definition) is 8. The van der Waals surface area contributed by atoms with Gasteiger partial charge in [-0.2, -0.15) is 0 Å². The number of aliphatic hydroxyl groups excluding tert-OH is 1. The molecule has 2 aliphatic heterocycles. The molecule has 10 heteroatoms. The van der Waals surface area contributed by atoms with E-state index in [1.807, 2.05) is 35.4 Å². The molecule has 0 spiro atoms. The standard InChI is InChI=1S/C31H39ClN3O6/c1-20(2)14-16-35(19-36,24-11-13-26(40-5)31(41-6)28(24)32)18-23-29(34-15-8-7-9-27(34)33-23)30(37)22-17-21(38-3)10-12-25(22)39-4/h7-13,15,17,19-20,23,29-30,37H,14,16,18H2,1-6H3/q+1. The van der Waals surface area contributed by atoms with Gasteiger partial charge in [0, 0.05) is 17.8 Å². The number of aliphatic hydroxyl groups is 1. The van der Waals surface area contributed by atoms with Gasteiger partial charge < -0.3 is 29.0 Å². The Labute approximate surface area is 246 Å². The van der Waals surface area contributed by atoms with Gasteiger partial charge in [-0.05, 0) is 48.8 Å². The minimum absolute atomic E-state index is 0.113. The molecule has 0 saturated carbocycles. The van der Waals surface area contributed by atoms with Gasteiger partial charge in [0.2, 0.25) is 0 Å². The van der Waals surface area contributed by atoms with Crippen LogP contribution in [0, 0.1) is 5.92 Å². The number of aliphatic imine (C=N–C) groups is 1. The van der Waals surface area contributed by atoms with Gasteiger partial charge in [-0.15, -0.1) is 0 Å². The predicted molar refractivity (Wildman–Crippen MR) is 161 cm³/mol. The van der Waals surface area contributed by atoms with Gasteiger partial charge in [-0.25, -0.2) is 9.28 Å². The minimum Gasteiger partial charge on any atom is -0.497 e. The second-order valence-electron chi connectivity index (χ2n) is 10.6. The number of benzene rings is 2. The first kappa shape index (κ1) is 30.4. The molecule has 1 N–H and O–H groups in total. The van der Waals surface area contributed by atoms with Crippen LogP contribution in [0.1, 0.15) is 31.9 Å². The Balaban J connectivity index is 1.84. The summed E-state index contributed by atoms with van der Waals surface area (Å²) in [4.78, 5) is 20.2. The van der Waals surface area contributed by atoms with E-state index in [4.69, 9.17) is 35.5 Å². The third-order valence-corrected chi connectivity index (χ3v) is 8.09. The lowest BCUT2D eigenvalue weighted by molar-refractivity contribution is -0.118. The molecule has 2 aromatic rings. The Hall–Kier alpha value is -3.53. The lowest BCUT2D eigenvalue weighted by Crippen LogP contribution is -2.56. The topological polar surface area (TPSA) is 89.8 Å². The monoisotopic (exact) mass is 584 g/mol. The number of quaternary nitrogens is 1. The van der Waals surface area contributed by atoms with E-state index in [1.54, 1.807) is 45.6 Å². The van der Waals surface area contributed by atoms with Gasteiger partial charge in [0.15, 0.2) is 17.2 Å². The number of allylic oxidation sites excluding steroid dienone is 2. The summed E-state index contributed by atoms with van der Waals surface area (Å²) in [6, 6.07) is 7.86. The number of ether oxygens (including phenoxy) is 4. The number of fused-ring (bicyclic) bond motifs is 1. The smallest absolute Gasteiger partial charge is 0.306 e. The molecule has 4 atom stereocenters. The van der Waals surface area contributed by atoms with Gasteiger partial charge >= 0.3 is 6.41 Å². The first-order valence-corrected chi connectivity index (χ1v) is 14.0. The van der Waals surface area contributed by atoms with Crippen LogP contribution in [0.2, 0.25) is 5.02 Å². The van der Waals surface area contributed by atoms with Gasteiger partial charge in [-0.1, -0.05) is 31.5 Å². The second-order valence-corrected chi connectivity index (χ2v) is 10.9. The zero-order valence-corrected chi connectivity index (χ0v) is 25.2. The number of rotatable bonds is 13. The Kier molecular flexibility index (Phi) is 9.63. The predicted octanol–water partition coefficient (Wildman–Crippen LogP) is 5.15. The zero-order chi connectivity index (χ0) is 29.7. The molecule has 4 rings (SSSR count). The average Bonchev–Trinajstić information content (AvgIpc) is 3.35. The Morgan fingerprint density at radius 2 is 1.78 bits per heavy atom. The molecule has 220 valence electrons. The molecule has 0 aromatic heterocycles. The lowest BCUT2D eigenvalue weighted by atomic mass is 9.93. The maximum Gasteiger partial charge on any atom is 0.306 e. The van der Waals surface area contributed by atoms with E-state index in [0.29, 0.717) is 57.6 Å². The number of nitrogens with zero attached hydrogens (tertiary/aromatic N) is 3. The van der Waals surface area contributed by atoms with Crippen LogP contribution >= 0.6 is 11.6 Å². The fraction of sp³-hybridized carbons (Fsp3) is 0.419. The summed E-state index contributed by atoms with van der Waals surface area (Å²) >= 11 is 6.92. The number of carbonyl (C=O) groups excluding carboxylic acids is 1. The third kappa shape index (κ3) is 5.93. The Bertz CT molecular complexity index is 1340. The molecule has 41 heavy (non-hydrogen) atoms. The summed E-state index contributed by atoms with van der Waals surface area (Å²) in [7, 11) is 6.20. The number of methoxy groups -OCH3 is 4. The molecular formula is C31H39ClN3O6+. The quantitative estimate of drug-likeness (QED) is 0.257. The third-order valence-electron chi connectivity index (χ3n) is 7.72. The molecule has 2 aliphatic rings. The molecule has 4 unspecified atom stereocenters. The summed E-state index contributed by atoms with van der Waals surface area (Å²) in [5, 5.41) is 12.3. The molecule has 0 fully saturated rings. The number of hydrogen-bond donors (Lipinski definition) is 1. The molecule has 1 amide bonds. The summed E-state index contributed by atoms with van der Waals surface area (Å²) in [5.41, 5.74) is 1.15. The van der Waals surface area contributed by atoms with E-state index in [2.05, 4.69) is 13.8 Å². The van der Waals surface area contributed by atoms with Crippen molar-refractivity contribution >= 4 is 29.5 Å². The SMILES string of the molecule is COc1ccc(OC)c(C(O)C2C(C[N+](C=O)(CCC(C)C)c3ccc(OC)c(OC)c3Cl)N=C3C=CC=CN32)c1. The van der Waals surface area contributed by atoms with Crippen LogP contribution < -0.4 is 23.4 Å². The normalized spacial score (nSPS) is 19.8. The van der Waals surface area contributed by atoms with E-state index in [0.717, 1.165) is 12.8 Å². The number of carbonyl (C=O) groups is 1. The van der Waals surface area contributed by atoms with Crippen molar-refractivity contribution in [3.05, 3.63) is 65.3 Å². The maximum atomic E-state index is 13.2. The number of amides is 1. The highest BCUT2D eigenvalue weighted by atomic mass is 35.5. The van der Waals surface area contributed by atoms with Gasteiger partial charge in [0.25, 0.3) is 0 Å². The highest BCUT2D eigenvalue weighted by Gasteiger charge is 2.47. The Morgan fingerprint density at radius 1 is 1.05 bits per heavy atom. The van der Waals surface area contributed by atoms with Crippen LogP contribution in [-0.2, 0) is 4.79 Å². The van der Waals surface area contributed by atoms with Crippen molar-refractivity contribution < 1.29 is 28.8 Å². The van der Waals surface area contributed by atoms with Crippen LogP contribution in [0.5, 0.6) is 23.0 Å². The largest absolute Gasteiger partial charge is 0.497 e. The second kappa shape index (κ2) is 13.0. The van der Waals surface area contributed by atoms with Crippen molar-refractivity contribution in [3.8, 4) is 23.0 Å². The van der Waals surface area contributed by atoms with Crippen LogP contribution in [0.3, 0.4) is 0 Å². The minimum atomic E-state index is -1.03. The fourth-order valence-electron chi connectivity index (χ4n) is 5.51. The van der Waals surface area contributed by atoms with Crippen molar-refractivity contribution in [2.75, 3.05) is 41.5 Å². The van der Waals surface area contributed by atoms with Crippen molar-refractivity contribution in [3.63, 3.8) is 0 Å². The summed E-state index contributed by atoms with van der Waals surface area (Å²) in [6.07, 6.45) is 8.25. The van der Waals surface area contributed by atoms with E-state index < -0.39 is 18.2 Å². The van der Waals surface area contributed by atoms with Gasteiger partial charge in [-0.3, -0.25) is 4.99 Å². The molecule has 0 saturated heterocycles. The number of halogens is 1. The molecule has 9 nitrogen and oxygen atoms in total. The van der Waals surface area contributed by atoms with Crippen LogP contribution in [0.15, 0.2) is 59.8 Å². The van der Waals surface area contributed by atoms with E-state index in [1.165, 1.54) is 7.11 Å². The average molecular weight is 585 g/mol. The van der Waals surface area contributed by atoms with E-state index in [9.17, 15) is 9.90 Å². The molecule has 2 aromatic carbocycles. The highest BCUT2D eigenvalue weighted by Crippen LogP contribution is 2.45. The van der Waals surface area contributed by atoms with Crippen molar-refractivity contribution in [2.24, 2.45) is 10.9 Å². The summed E-state index contributed by atoms with van der Waals surface area (Å²) < 4.78 is 22.0. The van der Waals surface area contributed by atoms with E-state index in [-0.39, 0.29) is 11.0 Å². The van der Waals surface area contributed by atoms with E-state index >= 15 is 0 Å². The fourth-order valence-corrected chi connectivity index (χ4v) is 5.92. The van der Waals surface area contributed by atoms with Crippen molar-refractivity contribution in [1.29, 1.82) is 0 Å². The molecule has 0 bridgehead atoms. The number of amidine groups is 1. The van der Waals surface area contributed by atoms with Crippen LogP contribution in [0.25, 0.3) is 0 Å². The maximum absolute atomic E-state index is 13.2. The molecular weight excluding hydrogens is 546 g/mol. The first-order valence-electron chi connectivity index (χ1n) is 13.6. The van der Waals surface area contributed by atoms with Crippen LogP contribution in [0.4, 0.5) is 5.69 Å². The summed E-state index contributed by atoms with van der Waals surface area (Å²) in [5.74, 6) is 2.99. The summed E-state index contributed by atoms with van der Waals surface area (Å²) in [6.45, 7) is 4.96. The molecule has 2 heterocycles. The first-order chi connectivity index (χ1) is 19.7. The van der Waals surface area contributed by atoms with Crippen LogP contribution in [-0.4, -0.2) is 75.9 Å². The highest BCUT2D eigenvalue weighted by molar-refractivity contribution is 6.35. The molecule has 0 aliphatic carbocycles. The van der Waals surface area contributed by atoms with Gasteiger partial charge in [0.05, 0.1) is 41.0 Å². The van der Waals surface area contributed by atoms with Gasteiger partial charge in [0.1, 0.15) is 41.0 Å². The molecule has 0 radical (unpaired) electrons. The van der Waals surface area contributed by atoms with Crippen molar-refractivity contribution in [2.45, 2.75) is 38.5 Å². The Morgan fingerprint density at radius 3 is 2.41 bits per heavy atom. The lowest BCUT2D eigenvalue weighted by Gasteiger charge is -2.38. The van der Waals surface area contributed by atoms with Crippen molar-refractivity contribution in [1.82, 2.24) is 9.38 Å².